The molecule has 0 N–H and O–H groups in total. The summed E-state index contributed by atoms with van der Waals surface area (Å²) < 4.78 is 24.9. The Morgan fingerprint density at radius 2 is 2.32 bits per heavy atom. The zero-order valence-electron chi connectivity index (χ0n) is 11.0. The van der Waals surface area contributed by atoms with Gasteiger partial charge >= 0.3 is 0 Å². The standard InChI is InChI=1S/C14H17BrClFO2/c1-3-12-8(4-5-19-12)14(16)9-6-10(15)11(17)7-13(9)18-2/h6-8,12,14H,3-5H2,1-2H3. The molecule has 0 radical (unpaired) electrons. The number of benzene rings is 1. The van der Waals surface area contributed by atoms with Crippen molar-refractivity contribution in [2.24, 2.45) is 5.92 Å². The summed E-state index contributed by atoms with van der Waals surface area (Å²) in [6.07, 6.45) is 2.01. The van der Waals surface area contributed by atoms with E-state index in [1.54, 1.807) is 6.07 Å². The molecule has 0 bridgehead atoms. The first-order chi connectivity index (χ1) is 9.08. The van der Waals surface area contributed by atoms with Crippen molar-refractivity contribution in [2.45, 2.75) is 31.2 Å². The van der Waals surface area contributed by atoms with Gasteiger partial charge in [0.25, 0.3) is 0 Å². The Bertz CT molecular complexity index is 455. The Balaban J connectivity index is 2.32. The minimum Gasteiger partial charge on any atom is -0.496 e. The first kappa shape index (κ1) is 15.1. The molecule has 1 fully saturated rings. The molecule has 106 valence electrons. The molecular weight excluding hydrogens is 335 g/mol. The highest BCUT2D eigenvalue weighted by atomic mass is 79.9. The van der Waals surface area contributed by atoms with Gasteiger partial charge in [0, 0.05) is 24.2 Å². The third kappa shape index (κ3) is 3.06. The van der Waals surface area contributed by atoms with E-state index in [1.165, 1.54) is 13.2 Å². The van der Waals surface area contributed by atoms with Crippen LogP contribution in [0.1, 0.15) is 30.7 Å². The summed E-state index contributed by atoms with van der Waals surface area (Å²) in [5, 5.41) is -0.237. The van der Waals surface area contributed by atoms with Gasteiger partial charge in [-0.2, -0.15) is 0 Å². The Morgan fingerprint density at radius 3 is 2.95 bits per heavy atom. The first-order valence-corrected chi connectivity index (χ1v) is 7.60. The topological polar surface area (TPSA) is 18.5 Å². The third-order valence-electron chi connectivity index (χ3n) is 3.61. The van der Waals surface area contributed by atoms with Gasteiger partial charge in [0.2, 0.25) is 0 Å². The van der Waals surface area contributed by atoms with Gasteiger partial charge in [-0.05, 0) is 34.8 Å². The summed E-state index contributed by atoms with van der Waals surface area (Å²) in [5.74, 6) is 0.375. The molecule has 1 aliphatic heterocycles. The van der Waals surface area contributed by atoms with Crippen LogP contribution in [0, 0.1) is 11.7 Å². The van der Waals surface area contributed by atoms with E-state index in [0.717, 1.165) is 25.0 Å². The number of methoxy groups -OCH3 is 1. The summed E-state index contributed by atoms with van der Waals surface area (Å²) in [5.41, 5.74) is 0.811. The predicted octanol–water partition coefficient (Wildman–Crippen LogP) is 4.69. The molecule has 1 aromatic rings. The summed E-state index contributed by atoms with van der Waals surface area (Å²) in [6.45, 7) is 2.82. The predicted molar refractivity (Wildman–Crippen MR) is 77.4 cm³/mol. The fourth-order valence-electron chi connectivity index (χ4n) is 2.59. The van der Waals surface area contributed by atoms with Crippen LogP contribution in [-0.2, 0) is 4.74 Å². The quantitative estimate of drug-likeness (QED) is 0.733. The van der Waals surface area contributed by atoms with E-state index in [0.29, 0.717) is 10.2 Å². The van der Waals surface area contributed by atoms with Crippen LogP contribution < -0.4 is 4.74 Å². The molecule has 1 heterocycles. The fraction of sp³-hybridized carbons (Fsp3) is 0.571. The van der Waals surface area contributed by atoms with Crippen molar-refractivity contribution in [1.82, 2.24) is 0 Å². The van der Waals surface area contributed by atoms with Crippen molar-refractivity contribution in [2.75, 3.05) is 13.7 Å². The second-order valence-electron chi connectivity index (χ2n) is 4.68. The van der Waals surface area contributed by atoms with Gasteiger partial charge in [0.05, 0.1) is 23.1 Å². The molecule has 3 atom stereocenters. The maximum absolute atomic E-state index is 13.5. The van der Waals surface area contributed by atoms with Crippen molar-refractivity contribution in [3.8, 4) is 5.75 Å². The Hall–Kier alpha value is -0.320. The summed E-state index contributed by atoms with van der Waals surface area (Å²) in [7, 11) is 1.53. The minimum atomic E-state index is -0.348. The number of alkyl halides is 1. The number of ether oxygens (including phenoxy) is 2. The van der Waals surface area contributed by atoms with E-state index in [4.69, 9.17) is 21.1 Å². The highest BCUT2D eigenvalue weighted by Gasteiger charge is 2.35. The molecule has 2 nitrogen and oxygen atoms in total. The van der Waals surface area contributed by atoms with Crippen LogP contribution in [0.25, 0.3) is 0 Å². The van der Waals surface area contributed by atoms with Crippen LogP contribution in [0.5, 0.6) is 5.75 Å². The average molecular weight is 352 g/mol. The number of hydrogen-bond acceptors (Lipinski definition) is 2. The molecular formula is C14H17BrClFO2. The normalized spacial score (nSPS) is 24.5. The monoisotopic (exact) mass is 350 g/mol. The molecule has 2 rings (SSSR count). The Kier molecular flexibility index (Phi) is 5.09. The van der Waals surface area contributed by atoms with Crippen molar-refractivity contribution in [3.05, 3.63) is 28.0 Å². The lowest BCUT2D eigenvalue weighted by atomic mass is 9.91. The van der Waals surface area contributed by atoms with Gasteiger partial charge in [-0.1, -0.05) is 6.92 Å². The minimum absolute atomic E-state index is 0.163. The van der Waals surface area contributed by atoms with Crippen molar-refractivity contribution < 1.29 is 13.9 Å². The first-order valence-electron chi connectivity index (χ1n) is 6.37. The molecule has 19 heavy (non-hydrogen) atoms. The molecule has 0 amide bonds. The van der Waals surface area contributed by atoms with E-state index in [1.807, 2.05) is 0 Å². The van der Waals surface area contributed by atoms with E-state index in [9.17, 15) is 4.39 Å². The zero-order valence-corrected chi connectivity index (χ0v) is 13.3. The molecule has 5 heteroatoms. The molecule has 0 saturated carbocycles. The van der Waals surface area contributed by atoms with Gasteiger partial charge in [-0.15, -0.1) is 11.6 Å². The zero-order chi connectivity index (χ0) is 14.0. The van der Waals surface area contributed by atoms with E-state index in [2.05, 4.69) is 22.9 Å². The summed E-state index contributed by atoms with van der Waals surface area (Å²) >= 11 is 9.79. The van der Waals surface area contributed by atoms with Gasteiger partial charge in [0.1, 0.15) is 11.6 Å². The molecule has 0 spiro atoms. The lowest BCUT2D eigenvalue weighted by Crippen LogP contribution is -2.19. The lowest BCUT2D eigenvalue weighted by Gasteiger charge is -2.24. The van der Waals surface area contributed by atoms with Crippen molar-refractivity contribution in [3.63, 3.8) is 0 Å². The maximum atomic E-state index is 13.5. The van der Waals surface area contributed by atoms with Crippen LogP contribution in [0.2, 0.25) is 0 Å². The number of halogens is 3. The van der Waals surface area contributed by atoms with Crippen LogP contribution in [0.15, 0.2) is 16.6 Å². The summed E-state index contributed by atoms with van der Waals surface area (Å²) in [6, 6.07) is 3.07. The highest BCUT2D eigenvalue weighted by molar-refractivity contribution is 9.10. The largest absolute Gasteiger partial charge is 0.496 e. The van der Waals surface area contributed by atoms with E-state index in [-0.39, 0.29) is 23.2 Å². The molecule has 1 saturated heterocycles. The second-order valence-corrected chi connectivity index (χ2v) is 6.00. The Labute approximate surface area is 126 Å². The molecule has 0 aromatic heterocycles. The SMILES string of the molecule is CCC1OCCC1C(Cl)c1cc(Br)c(F)cc1OC. The highest BCUT2D eigenvalue weighted by Crippen LogP contribution is 2.43. The molecule has 1 aromatic carbocycles. The third-order valence-corrected chi connectivity index (χ3v) is 4.78. The molecule has 1 aliphatic rings. The van der Waals surface area contributed by atoms with E-state index >= 15 is 0 Å². The van der Waals surface area contributed by atoms with Crippen LogP contribution in [0.4, 0.5) is 4.39 Å². The van der Waals surface area contributed by atoms with Gasteiger partial charge in [-0.3, -0.25) is 0 Å². The maximum Gasteiger partial charge on any atom is 0.141 e. The summed E-state index contributed by atoms with van der Waals surface area (Å²) in [4.78, 5) is 0. The molecule has 0 aliphatic carbocycles. The average Bonchev–Trinajstić information content (AvgIpc) is 2.88. The fourth-order valence-corrected chi connectivity index (χ4v) is 3.41. The van der Waals surface area contributed by atoms with Crippen LogP contribution >= 0.6 is 27.5 Å². The lowest BCUT2D eigenvalue weighted by molar-refractivity contribution is 0.0863. The second kappa shape index (κ2) is 6.42. The van der Waals surface area contributed by atoms with Gasteiger partial charge < -0.3 is 9.47 Å². The Morgan fingerprint density at radius 1 is 1.58 bits per heavy atom. The molecule has 3 unspecified atom stereocenters. The van der Waals surface area contributed by atoms with Crippen molar-refractivity contribution >= 4 is 27.5 Å². The van der Waals surface area contributed by atoms with Crippen molar-refractivity contribution in [1.29, 1.82) is 0 Å². The van der Waals surface area contributed by atoms with Crippen LogP contribution in [-0.4, -0.2) is 19.8 Å². The van der Waals surface area contributed by atoms with E-state index < -0.39 is 0 Å². The van der Waals surface area contributed by atoms with Gasteiger partial charge in [-0.25, -0.2) is 4.39 Å². The van der Waals surface area contributed by atoms with Gasteiger partial charge in [0.15, 0.2) is 0 Å². The van der Waals surface area contributed by atoms with Crippen LogP contribution in [0.3, 0.4) is 0 Å². The number of rotatable bonds is 4. The smallest absolute Gasteiger partial charge is 0.141 e. The number of hydrogen-bond donors (Lipinski definition) is 0.